The van der Waals surface area contributed by atoms with Gasteiger partial charge in [-0.1, -0.05) is 80.6 Å². The van der Waals surface area contributed by atoms with Crippen LogP contribution in [0.3, 0.4) is 0 Å². The molecule has 0 amide bonds. The predicted octanol–water partition coefficient (Wildman–Crippen LogP) is 7.34. The highest BCUT2D eigenvalue weighted by Gasteiger charge is 2.22. The van der Waals surface area contributed by atoms with Gasteiger partial charge in [0.1, 0.15) is 0 Å². The van der Waals surface area contributed by atoms with Gasteiger partial charge in [-0.25, -0.2) is 8.78 Å². The summed E-state index contributed by atoms with van der Waals surface area (Å²) < 4.78 is 29.2. The van der Waals surface area contributed by atoms with Crippen LogP contribution in [0.25, 0.3) is 0 Å². The Bertz CT molecular complexity index is 1260. The number of Topliss-reactive ketones (excluding diaryl/α,β-unsaturated/α-hetero) is 1. The molecule has 0 saturated carbocycles. The first-order chi connectivity index (χ1) is 16.4. The first-order valence-electron chi connectivity index (χ1n) is 11.7. The van der Waals surface area contributed by atoms with Crippen LogP contribution >= 0.6 is 0 Å². The number of aryl methyl sites for hydroxylation is 1. The summed E-state index contributed by atoms with van der Waals surface area (Å²) in [7, 11) is 0. The zero-order chi connectivity index (χ0) is 24.1. The van der Waals surface area contributed by atoms with Gasteiger partial charge in [0, 0.05) is 36.3 Å². The standard InChI is InChI=1S/C30H29F2NO/c1-21(2)28-19-25(30(34)16-14-23-13-15-26(31)27(32)17-23)29(18-22-9-5-3-6-10-22)33(28)20-24-11-7-4-8-12-24/h3-13,15,17,19,21H,14,16,18,20H2,1-2H3. The topological polar surface area (TPSA) is 22.0 Å². The van der Waals surface area contributed by atoms with Crippen molar-refractivity contribution in [1.29, 1.82) is 0 Å². The average Bonchev–Trinajstić information content (AvgIpc) is 3.19. The van der Waals surface area contributed by atoms with Crippen LogP contribution in [-0.4, -0.2) is 10.4 Å². The molecule has 0 aliphatic carbocycles. The van der Waals surface area contributed by atoms with Crippen LogP contribution in [0.5, 0.6) is 0 Å². The minimum absolute atomic E-state index is 0.0179. The molecule has 0 fully saturated rings. The monoisotopic (exact) mass is 457 g/mol. The Kier molecular flexibility index (Phi) is 7.36. The summed E-state index contributed by atoms with van der Waals surface area (Å²) in [6.45, 7) is 4.96. The van der Waals surface area contributed by atoms with Crippen LogP contribution in [-0.2, 0) is 19.4 Å². The second-order valence-electron chi connectivity index (χ2n) is 8.99. The quantitative estimate of drug-likeness (QED) is 0.241. The fraction of sp³-hybridized carbons (Fsp3) is 0.233. The fourth-order valence-corrected chi connectivity index (χ4v) is 4.35. The number of carbonyl (C=O) groups is 1. The maximum Gasteiger partial charge on any atom is 0.165 e. The summed E-state index contributed by atoms with van der Waals surface area (Å²) in [5.74, 6) is -1.50. The van der Waals surface area contributed by atoms with Gasteiger partial charge in [0.2, 0.25) is 0 Å². The van der Waals surface area contributed by atoms with Crippen molar-refractivity contribution in [2.45, 2.75) is 45.6 Å². The molecule has 0 atom stereocenters. The van der Waals surface area contributed by atoms with E-state index in [4.69, 9.17) is 0 Å². The van der Waals surface area contributed by atoms with Crippen molar-refractivity contribution in [2.24, 2.45) is 0 Å². The Labute approximate surface area is 199 Å². The van der Waals surface area contributed by atoms with E-state index in [1.54, 1.807) is 0 Å². The molecule has 0 radical (unpaired) electrons. The second-order valence-corrected chi connectivity index (χ2v) is 8.99. The normalized spacial score (nSPS) is 11.2. The number of rotatable bonds is 9. The smallest absolute Gasteiger partial charge is 0.165 e. The molecule has 2 nitrogen and oxygen atoms in total. The summed E-state index contributed by atoms with van der Waals surface area (Å²) in [6.07, 6.45) is 1.24. The maximum atomic E-state index is 13.6. The Morgan fingerprint density at radius 1 is 0.794 bits per heavy atom. The third-order valence-electron chi connectivity index (χ3n) is 6.16. The van der Waals surface area contributed by atoms with Gasteiger partial charge in [0.25, 0.3) is 0 Å². The molecule has 1 heterocycles. The van der Waals surface area contributed by atoms with Crippen molar-refractivity contribution in [3.8, 4) is 0 Å². The molecule has 0 bridgehead atoms. The zero-order valence-electron chi connectivity index (χ0n) is 19.6. The number of halogens is 2. The van der Waals surface area contributed by atoms with E-state index in [0.717, 1.165) is 23.0 Å². The largest absolute Gasteiger partial charge is 0.343 e. The summed E-state index contributed by atoms with van der Waals surface area (Å²) in [5.41, 5.74) is 5.76. The number of aromatic nitrogens is 1. The van der Waals surface area contributed by atoms with E-state index < -0.39 is 11.6 Å². The molecule has 0 aliphatic rings. The van der Waals surface area contributed by atoms with Gasteiger partial charge in [0.05, 0.1) is 0 Å². The fourth-order valence-electron chi connectivity index (χ4n) is 4.35. The Morgan fingerprint density at radius 2 is 1.44 bits per heavy atom. The molecule has 34 heavy (non-hydrogen) atoms. The molecular formula is C30H29F2NO. The molecule has 0 aliphatic heterocycles. The van der Waals surface area contributed by atoms with Gasteiger partial charge in [-0.3, -0.25) is 4.79 Å². The van der Waals surface area contributed by atoms with Crippen molar-refractivity contribution in [3.05, 3.63) is 130 Å². The summed E-state index contributed by atoms with van der Waals surface area (Å²) in [6, 6.07) is 26.3. The molecule has 0 unspecified atom stereocenters. The lowest BCUT2D eigenvalue weighted by molar-refractivity contribution is 0.0982. The summed E-state index contributed by atoms with van der Waals surface area (Å²) in [4.78, 5) is 13.4. The lowest BCUT2D eigenvalue weighted by atomic mass is 9.99. The van der Waals surface area contributed by atoms with Crippen molar-refractivity contribution >= 4 is 5.78 Å². The van der Waals surface area contributed by atoms with Crippen LogP contribution in [0.2, 0.25) is 0 Å². The first-order valence-corrected chi connectivity index (χ1v) is 11.7. The van der Waals surface area contributed by atoms with Gasteiger partial charge in [-0.2, -0.15) is 0 Å². The van der Waals surface area contributed by atoms with Gasteiger partial charge in [-0.05, 0) is 47.2 Å². The molecule has 0 N–H and O–H groups in total. The molecule has 3 aromatic carbocycles. The molecular weight excluding hydrogens is 428 g/mol. The van der Waals surface area contributed by atoms with Gasteiger partial charge >= 0.3 is 0 Å². The van der Waals surface area contributed by atoms with E-state index >= 15 is 0 Å². The molecule has 0 saturated heterocycles. The van der Waals surface area contributed by atoms with Crippen LogP contribution in [0.1, 0.15) is 64.6 Å². The van der Waals surface area contributed by atoms with Crippen molar-refractivity contribution in [3.63, 3.8) is 0 Å². The number of benzene rings is 3. The van der Waals surface area contributed by atoms with E-state index in [1.807, 2.05) is 42.5 Å². The van der Waals surface area contributed by atoms with Crippen LogP contribution in [0.4, 0.5) is 8.78 Å². The molecule has 4 aromatic rings. The van der Waals surface area contributed by atoms with Gasteiger partial charge in [-0.15, -0.1) is 0 Å². The molecule has 4 rings (SSSR count). The van der Waals surface area contributed by atoms with Crippen molar-refractivity contribution < 1.29 is 13.6 Å². The molecule has 0 spiro atoms. The van der Waals surface area contributed by atoms with Gasteiger partial charge in [0.15, 0.2) is 17.4 Å². The Balaban J connectivity index is 1.70. The van der Waals surface area contributed by atoms with E-state index in [-0.39, 0.29) is 18.1 Å². The van der Waals surface area contributed by atoms with Crippen molar-refractivity contribution in [1.82, 2.24) is 4.57 Å². The Hall–Kier alpha value is -3.53. The SMILES string of the molecule is CC(C)c1cc(C(=O)CCc2ccc(F)c(F)c2)c(Cc2ccccc2)n1Cc1ccccc1. The summed E-state index contributed by atoms with van der Waals surface area (Å²) in [5, 5.41) is 0. The molecule has 174 valence electrons. The van der Waals surface area contributed by atoms with Crippen molar-refractivity contribution in [2.75, 3.05) is 0 Å². The minimum Gasteiger partial charge on any atom is -0.343 e. The number of hydrogen-bond donors (Lipinski definition) is 0. The number of carbonyl (C=O) groups excluding carboxylic acids is 1. The minimum atomic E-state index is -0.883. The van der Waals surface area contributed by atoms with E-state index in [1.165, 1.54) is 17.7 Å². The summed E-state index contributed by atoms with van der Waals surface area (Å²) >= 11 is 0. The number of ketones is 1. The second kappa shape index (κ2) is 10.6. The highest BCUT2D eigenvalue weighted by Crippen LogP contribution is 2.28. The molecule has 4 heteroatoms. The maximum absolute atomic E-state index is 13.6. The lowest BCUT2D eigenvalue weighted by Gasteiger charge is -2.17. The highest BCUT2D eigenvalue weighted by molar-refractivity contribution is 5.98. The number of nitrogens with zero attached hydrogens (tertiary/aromatic N) is 1. The third-order valence-corrected chi connectivity index (χ3v) is 6.16. The lowest BCUT2D eigenvalue weighted by Crippen LogP contribution is -2.12. The van der Waals surface area contributed by atoms with Crippen LogP contribution in [0.15, 0.2) is 84.9 Å². The Morgan fingerprint density at radius 3 is 2.06 bits per heavy atom. The van der Waals surface area contributed by atoms with E-state index in [9.17, 15) is 13.6 Å². The highest BCUT2D eigenvalue weighted by atomic mass is 19.2. The van der Waals surface area contributed by atoms with Crippen LogP contribution in [0, 0.1) is 11.6 Å². The van der Waals surface area contributed by atoms with Gasteiger partial charge < -0.3 is 4.57 Å². The van der Waals surface area contributed by atoms with E-state index in [2.05, 4.69) is 42.7 Å². The third kappa shape index (κ3) is 5.51. The first kappa shape index (κ1) is 23.6. The predicted molar refractivity (Wildman–Crippen MR) is 132 cm³/mol. The number of hydrogen-bond acceptors (Lipinski definition) is 1. The molecule has 1 aromatic heterocycles. The van der Waals surface area contributed by atoms with Crippen LogP contribution < -0.4 is 0 Å². The zero-order valence-corrected chi connectivity index (χ0v) is 19.6. The van der Waals surface area contributed by atoms with E-state index in [0.29, 0.717) is 30.5 Å². The average molecular weight is 458 g/mol.